The maximum atomic E-state index is 5.41. The molecule has 1 saturated heterocycles. The van der Waals surface area contributed by atoms with Gasteiger partial charge in [0.25, 0.3) is 0 Å². The third kappa shape index (κ3) is 5.64. The molecular formula is C12H25N3OS. The zero-order chi connectivity index (χ0) is 12.5. The Hall–Kier alpha value is -0.420. The lowest BCUT2D eigenvalue weighted by atomic mass is 10.1. The van der Waals surface area contributed by atoms with E-state index in [4.69, 9.17) is 4.74 Å². The highest BCUT2D eigenvalue weighted by molar-refractivity contribution is 7.98. The molecule has 0 bridgehead atoms. The summed E-state index contributed by atoms with van der Waals surface area (Å²) in [6.45, 7) is 6.76. The Bertz CT molecular complexity index is 230. The van der Waals surface area contributed by atoms with Crippen molar-refractivity contribution in [1.29, 1.82) is 0 Å². The van der Waals surface area contributed by atoms with Gasteiger partial charge in [-0.15, -0.1) is 0 Å². The van der Waals surface area contributed by atoms with E-state index < -0.39 is 0 Å². The fourth-order valence-electron chi connectivity index (χ4n) is 1.91. The van der Waals surface area contributed by atoms with Gasteiger partial charge in [-0.25, -0.2) is 0 Å². The number of guanidine groups is 1. The first-order chi connectivity index (χ1) is 8.27. The number of hydrogen-bond donors (Lipinski definition) is 1. The maximum Gasteiger partial charge on any atom is 0.193 e. The largest absolute Gasteiger partial charge is 0.381 e. The first kappa shape index (κ1) is 14.6. The molecule has 100 valence electrons. The molecule has 1 aliphatic rings. The van der Waals surface area contributed by atoms with Crippen LogP contribution >= 0.6 is 11.8 Å². The van der Waals surface area contributed by atoms with Gasteiger partial charge >= 0.3 is 0 Å². The van der Waals surface area contributed by atoms with Gasteiger partial charge in [-0.1, -0.05) is 0 Å². The van der Waals surface area contributed by atoms with Gasteiger partial charge in [0.05, 0.1) is 13.2 Å². The zero-order valence-electron chi connectivity index (χ0n) is 11.2. The lowest BCUT2D eigenvalue weighted by Gasteiger charge is -2.24. The summed E-state index contributed by atoms with van der Waals surface area (Å²) in [4.78, 5) is 6.84. The molecule has 1 N–H and O–H groups in total. The van der Waals surface area contributed by atoms with Crippen LogP contribution in [0.2, 0.25) is 0 Å². The molecule has 1 fully saturated rings. The fourth-order valence-corrected chi connectivity index (χ4v) is 2.19. The molecule has 0 aliphatic carbocycles. The third-order valence-electron chi connectivity index (χ3n) is 2.81. The Kier molecular flexibility index (Phi) is 7.44. The summed E-state index contributed by atoms with van der Waals surface area (Å²) in [5, 5.41) is 3.34. The molecule has 1 heterocycles. The van der Waals surface area contributed by atoms with Gasteiger partial charge in [0.15, 0.2) is 5.96 Å². The molecule has 1 atom stereocenters. The Balaban J connectivity index is 2.40. The number of rotatable bonds is 6. The van der Waals surface area contributed by atoms with Crippen LogP contribution in [0.1, 0.15) is 13.3 Å². The number of nitrogens with one attached hydrogen (secondary N) is 1. The van der Waals surface area contributed by atoms with Crippen LogP contribution in [-0.2, 0) is 4.74 Å². The summed E-state index contributed by atoms with van der Waals surface area (Å²) >= 11 is 1.83. The lowest BCUT2D eigenvalue weighted by Crippen LogP contribution is -2.41. The average Bonchev–Trinajstić information content (AvgIpc) is 2.81. The second kappa shape index (κ2) is 8.64. The van der Waals surface area contributed by atoms with E-state index in [1.807, 2.05) is 11.8 Å². The highest BCUT2D eigenvalue weighted by atomic mass is 32.2. The van der Waals surface area contributed by atoms with E-state index in [2.05, 4.69) is 35.4 Å². The molecule has 1 rings (SSSR count). The van der Waals surface area contributed by atoms with Gasteiger partial charge in [-0.3, -0.25) is 4.99 Å². The van der Waals surface area contributed by atoms with Crippen molar-refractivity contribution in [1.82, 2.24) is 10.2 Å². The van der Waals surface area contributed by atoms with Crippen LogP contribution in [0.15, 0.2) is 4.99 Å². The van der Waals surface area contributed by atoms with E-state index in [0.29, 0.717) is 5.92 Å². The first-order valence-corrected chi connectivity index (χ1v) is 7.73. The molecular weight excluding hydrogens is 234 g/mol. The molecule has 4 nitrogen and oxygen atoms in total. The molecule has 0 aromatic carbocycles. The van der Waals surface area contributed by atoms with Crippen LogP contribution in [0, 0.1) is 5.92 Å². The van der Waals surface area contributed by atoms with Crippen LogP contribution in [-0.4, -0.2) is 62.8 Å². The molecule has 5 heteroatoms. The van der Waals surface area contributed by atoms with Crippen LogP contribution in [0.25, 0.3) is 0 Å². The summed E-state index contributed by atoms with van der Waals surface area (Å²) in [5.74, 6) is 2.76. The molecule has 0 aromatic heterocycles. The van der Waals surface area contributed by atoms with Gasteiger partial charge in [0, 0.05) is 38.4 Å². The van der Waals surface area contributed by atoms with Gasteiger partial charge in [-0.05, 0) is 19.6 Å². The minimum Gasteiger partial charge on any atom is -0.381 e. The highest BCUT2D eigenvalue weighted by Crippen LogP contribution is 2.13. The topological polar surface area (TPSA) is 36.9 Å². The first-order valence-electron chi connectivity index (χ1n) is 6.34. The lowest BCUT2D eigenvalue weighted by molar-refractivity contribution is 0.181. The SMILES string of the molecule is CCNC(=NCCSC)N(C)CC1CCOC1. The van der Waals surface area contributed by atoms with Crippen LogP contribution in [0.4, 0.5) is 0 Å². The van der Waals surface area contributed by atoms with E-state index >= 15 is 0 Å². The van der Waals surface area contributed by atoms with Crippen molar-refractivity contribution >= 4 is 17.7 Å². The highest BCUT2D eigenvalue weighted by Gasteiger charge is 2.18. The molecule has 0 spiro atoms. The molecule has 0 aromatic rings. The summed E-state index contributed by atoms with van der Waals surface area (Å²) in [5.41, 5.74) is 0. The van der Waals surface area contributed by atoms with Crippen LogP contribution in [0.5, 0.6) is 0 Å². The van der Waals surface area contributed by atoms with Crippen molar-refractivity contribution in [2.45, 2.75) is 13.3 Å². The minimum atomic E-state index is 0.657. The van der Waals surface area contributed by atoms with Crippen molar-refractivity contribution in [2.75, 3.05) is 51.9 Å². The summed E-state index contributed by atoms with van der Waals surface area (Å²) in [7, 11) is 2.11. The molecule has 1 aliphatic heterocycles. The minimum absolute atomic E-state index is 0.657. The van der Waals surface area contributed by atoms with Crippen molar-refractivity contribution in [2.24, 2.45) is 10.9 Å². The van der Waals surface area contributed by atoms with Crippen molar-refractivity contribution in [3.05, 3.63) is 0 Å². The van der Waals surface area contributed by atoms with Crippen molar-refractivity contribution in [3.8, 4) is 0 Å². The fraction of sp³-hybridized carbons (Fsp3) is 0.917. The van der Waals surface area contributed by atoms with E-state index in [-0.39, 0.29) is 0 Å². The van der Waals surface area contributed by atoms with Crippen LogP contribution < -0.4 is 5.32 Å². The normalized spacial score (nSPS) is 20.6. The summed E-state index contributed by atoms with van der Waals surface area (Å²) < 4.78 is 5.41. The number of hydrogen-bond acceptors (Lipinski definition) is 3. The molecule has 0 radical (unpaired) electrons. The van der Waals surface area contributed by atoms with E-state index in [0.717, 1.165) is 44.6 Å². The van der Waals surface area contributed by atoms with Gasteiger partial charge < -0.3 is 15.0 Å². The second-order valence-corrected chi connectivity index (χ2v) is 5.32. The van der Waals surface area contributed by atoms with Gasteiger partial charge in [0.1, 0.15) is 0 Å². The average molecular weight is 259 g/mol. The standard InChI is InChI=1S/C12H25N3OS/c1-4-13-12(14-6-8-17-3)15(2)9-11-5-7-16-10-11/h11H,4-10H2,1-3H3,(H,13,14). The monoisotopic (exact) mass is 259 g/mol. The molecule has 1 unspecified atom stereocenters. The van der Waals surface area contributed by atoms with Crippen LogP contribution in [0.3, 0.4) is 0 Å². The van der Waals surface area contributed by atoms with E-state index in [1.165, 1.54) is 6.42 Å². The number of nitrogens with zero attached hydrogens (tertiary/aromatic N) is 2. The predicted molar refractivity (Wildman–Crippen MR) is 75.9 cm³/mol. The molecule has 0 saturated carbocycles. The summed E-state index contributed by atoms with van der Waals surface area (Å²) in [6.07, 6.45) is 3.29. The Labute approximate surface area is 109 Å². The third-order valence-corrected chi connectivity index (χ3v) is 3.40. The summed E-state index contributed by atoms with van der Waals surface area (Å²) in [6, 6.07) is 0. The number of thioether (sulfide) groups is 1. The quantitative estimate of drug-likeness (QED) is 0.443. The smallest absolute Gasteiger partial charge is 0.193 e. The Morgan fingerprint density at radius 2 is 2.41 bits per heavy atom. The van der Waals surface area contributed by atoms with E-state index in [1.54, 1.807) is 0 Å². The van der Waals surface area contributed by atoms with Gasteiger partial charge in [-0.2, -0.15) is 11.8 Å². The van der Waals surface area contributed by atoms with Gasteiger partial charge in [0.2, 0.25) is 0 Å². The molecule has 17 heavy (non-hydrogen) atoms. The second-order valence-electron chi connectivity index (χ2n) is 4.34. The predicted octanol–water partition coefficient (Wildman–Crippen LogP) is 1.28. The molecule has 0 amide bonds. The Morgan fingerprint density at radius 3 is 3.00 bits per heavy atom. The number of aliphatic imine (C=N–C) groups is 1. The zero-order valence-corrected chi connectivity index (χ0v) is 12.1. The van der Waals surface area contributed by atoms with E-state index in [9.17, 15) is 0 Å². The Morgan fingerprint density at radius 1 is 1.59 bits per heavy atom. The number of ether oxygens (including phenoxy) is 1. The maximum absolute atomic E-state index is 5.41. The van der Waals surface area contributed by atoms with Crippen molar-refractivity contribution in [3.63, 3.8) is 0 Å². The van der Waals surface area contributed by atoms with Crippen molar-refractivity contribution < 1.29 is 4.74 Å².